The number of aromatic nitrogens is 2. The molecule has 1 aliphatic carbocycles. The Morgan fingerprint density at radius 3 is 2.43 bits per heavy atom. The minimum atomic E-state index is -4.39. The highest BCUT2D eigenvalue weighted by molar-refractivity contribution is 5.31. The summed E-state index contributed by atoms with van der Waals surface area (Å²) < 4.78 is 42.7. The van der Waals surface area contributed by atoms with E-state index >= 15 is 0 Å². The Morgan fingerprint density at radius 2 is 1.86 bits per heavy atom. The number of rotatable bonds is 3. The quantitative estimate of drug-likeness (QED) is 0.943. The first kappa shape index (κ1) is 13.7. The lowest BCUT2D eigenvalue weighted by Crippen LogP contribution is -2.10. The molecule has 1 N–H and O–H groups in total. The first-order valence-electron chi connectivity index (χ1n) is 6.38. The Kier molecular flexibility index (Phi) is 3.19. The zero-order valence-electron chi connectivity index (χ0n) is 10.8. The molecule has 3 rings (SSSR count). The molecule has 0 aliphatic heterocycles. The lowest BCUT2D eigenvalue weighted by atomic mass is 10.2. The summed E-state index contributed by atoms with van der Waals surface area (Å²) in [7, 11) is 0. The zero-order chi connectivity index (χ0) is 15.0. The Balaban J connectivity index is 1.81. The molecule has 4 nitrogen and oxygen atoms in total. The minimum absolute atomic E-state index is 0.0837. The van der Waals surface area contributed by atoms with Gasteiger partial charge in [-0.2, -0.15) is 18.2 Å². The van der Waals surface area contributed by atoms with Crippen molar-refractivity contribution in [3.63, 3.8) is 0 Å². The molecule has 1 aromatic carbocycles. The Morgan fingerprint density at radius 1 is 1.19 bits per heavy atom. The largest absolute Gasteiger partial charge is 0.439 e. The van der Waals surface area contributed by atoms with Gasteiger partial charge in [0.2, 0.25) is 5.88 Å². The molecule has 110 valence electrons. The molecule has 2 aromatic rings. The summed E-state index contributed by atoms with van der Waals surface area (Å²) >= 11 is 0. The molecular weight excluding hydrogens is 285 g/mol. The van der Waals surface area contributed by atoms with E-state index in [1.165, 1.54) is 18.2 Å². The van der Waals surface area contributed by atoms with Crippen LogP contribution < -0.4 is 10.3 Å². The van der Waals surface area contributed by atoms with Crippen molar-refractivity contribution < 1.29 is 17.9 Å². The number of H-pyrrole nitrogens is 1. The smallest absolute Gasteiger partial charge is 0.416 e. The van der Waals surface area contributed by atoms with Gasteiger partial charge in [0.05, 0.1) is 11.6 Å². The number of nitrogens with zero attached hydrogens (tertiary/aromatic N) is 1. The van der Waals surface area contributed by atoms with Crippen LogP contribution in [0.15, 0.2) is 35.1 Å². The molecule has 1 fully saturated rings. The van der Waals surface area contributed by atoms with Crippen molar-refractivity contribution in [3.8, 4) is 11.6 Å². The van der Waals surface area contributed by atoms with Crippen LogP contribution in [0, 0.1) is 0 Å². The van der Waals surface area contributed by atoms with Crippen molar-refractivity contribution in [2.45, 2.75) is 24.9 Å². The Bertz CT molecular complexity index is 703. The van der Waals surface area contributed by atoms with Crippen LogP contribution in [0.2, 0.25) is 0 Å². The summed E-state index contributed by atoms with van der Waals surface area (Å²) in [6.45, 7) is 0. The molecule has 7 heteroatoms. The second-order valence-corrected chi connectivity index (χ2v) is 4.87. The second kappa shape index (κ2) is 4.91. The van der Waals surface area contributed by atoms with Gasteiger partial charge in [-0.05, 0) is 37.1 Å². The van der Waals surface area contributed by atoms with Gasteiger partial charge >= 0.3 is 6.18 Å². The van der Waals surface area contributed by atoms with Crippen LogP contribution in [0.4, 0.5) is 13.2 Å². The highest BCUT2D eigenvalue weighted by atomic mass is 19.4. The van der Waals surface area contributed by atoms with Crippen LogP contribution in [0.5, 0.6) is 11.6 Å². The number of halogens is 3. The van der Waals surface area contributed by atoms with Crippen LogP contribution >= 0.6 is 0 Å². The van der Waals surface area contributed by atoms with E-state index in [2.05, 4.69) is 9.97 Å². The highest BCUT2D eigenvalue weighted by Gasteiger charge is 2.30. The van der Waals surface area contributed by atoms with Crippen molar-refractivity contribution in [2.24, 2.45) is 0 Å². The number of aromatic amines is 1. The third-order valence-electron chi connectivity index (χ3n) is 3.10. The Hall–Kier alpha value is -2.31. The van der Waals surface area contributed by atoms with Crippen LogP contribution in [0.25, 0.3) is 0 Å². The average molecular weight is 296 g/mol. The van der Waals surface area contributed by atoms with E-state index in [0.717, 1.165) is 25.0 Å². The Labute approximate surface area is 117 Å². The summed E-state index contributed by atoms with van der Waals surface area (Å²) in [5.74, 6) is 1.08. The van der Waals surface area contributed by atoms with Crippen molar-refractivity contribution in [2.75, 3.05) is 0 Å². The van der Waals surface area contributed by atoms with E-state index in [4.69, 9.17) is 4.74 Å². The van der Waals surface area contributed by atoms with Gasteiger partial charge in [-0.1, -0.05) is 0 Å². The van der Waals surface area contributed by atoms with E-state index in [1.807, 2.05) is 0 Å². The lowest BCUT2D eigenvalue weighted by Gasteiger charge is -2.08. The first-order chi connectivity index (χ1) is 9.91. The van der Waals surface area contributed by atoms with Crippen molar-refractivity contribution in [1.29, 1.82) is 0 Å². The van der Waals surface area contributed by atoms with Gasteiger partial charge in [-0.3, -0.25) is 4.79 Å². The fourth-order valence-corrected chi connectivity index (χ4v) is 1.89. The van der Waals surface area contributed by atoms with E-state index in [-0.39, 0.29) is 23.1 Å². The third-order valence-corrected chi connectivity index (χ3v) is 3.10. The van der Waals surface area contributed by atoms with Crippen LogP contribution in [0.1, 0.15) is 30.1 Å². The molecule has 1 aromatic heterocycles. The maximum atomic E-state index is 12.4. The van der Waals surface area contributed by atoms with Gasteiger partial charge < -0.3 is 9.72 Å². The molecule has 0 amide bonds. The molecule has 0 unspecified atom stereocenters. The molecule has 0 bridgehead atoms. The number of benzene rings is 1. The highest BCUT2D eigenvalue weighted by Crippen LogP contribution is 2.38. The number of hydrogen-bond acceptors (Lipinski definition) is 3. The number of hydrogen-bond donors (Lipinski definition) is 1. The molecule has 1 aliphatic rings. The van der Waals surface area contributed by atoms with E-state index in [9.17, 15) is 18.0 Å². The number of nitrogens with one attached hydrogen (secondary N) is 1. The lowest BCUT2D eigenvalue weighted by molar-refractivity contribution is -0.137. The fourth-order valence-electron chi connectivity index (χ4n) is 1.89. The van der Waals surface area contributed by atoms with Crippen molar-refractivity contribution in [1.82, 2.24) is 9.97 Å². The molecular formula is C14H11F3N2O2. The summed E-state index contributed by atoms with van der Waals surface area (Å²) in [6, 6.07) is 5.41. The van der Waals surface area contributed by atoms with Crippen molar-refractivity contribution >= 4 is 0 Å². The molecule has 0 spiro atoms. The summed E-state index contributed by atoms with van der Waals surface area (Å²) in [4.78, 5) is 18.3. The first-order valence-corrected chi connectivity index (χ1v) is 6.38. The van der Waals surface area contributed by atoms with Gasteiger partial charge in [0.1, 0.15) is 11.6 Å². The zero-order valence-corrected chi connectivity index (χ0v) is 10.8. The SMILES string of the molecule is O=c1cc(Oc2ccc(C(F)(F)F)cc2)nc(C2CC2)[nH]1. The summed E-state index contributed by atoms with van der Waals surface area (Å²) in [5.41, 5.74) is -1.10. The summed E-state index contributed by atoms with van der Waals surface area (Å²) in [6.07, 6.45) is -2.46. The molecule has 1 heterocycles. The van der Waals surface area contributed by atoms with Gasteiger partial charge in [0, 0.05) is 5.92 Å². The van der Waals surface area contributed by atoms with Crippen molar-refractivity contribution in [3.05, 3.63) is 52.1 Å². The van der Waals surface area contributed by atoms with Gasteiger partial charge in [-0.25, -0.2) is 0 Å². The molecule has 21 heavy (non-hydrogen) atoms. The maximum Gasteiger partial charge on any atom is 0.416 e. The normalized spacial score (nSPS) is 15.0. The topological polar surface area (TPSA) is 55.0 Å². The van der Waals surface area contributed by atoms with E-state index in [0.29, 0.717) is 5.82 Å². The monoisotopic (exact) mass is 296 g/mol. The number of alkyl halides is 3. The molecule has 0 atom stereocenters. The molecule has 1 saturated carbocycles. The van der Waals surface area contributed by atoms with E-state index in [1.54, 1.807) is 0 Å². The fraction of sp³-hybridized carbons (Fsp3) is 0.286. The van der Waals surface area contributed by atoms with Crippen LogP contribution in [-0.2, 0) is 6.18 Å². The van der Waals surface area contributed by atoms with Crippen LogP contribution in [-0.4, -0.2) is 9.97 Å². The average Bonchev–Trinajstić information content (AvgIpc) is 3.21. The second-order valence-electron chi connectivity index (χ2n) is 4.87. The van der Waals surface area contributed by atoms with Gasteiger partial charge in [0.15, 0.2) is 0 Å². The molecule has 0 saturated heterocycles. The van der Waals surface area contributed by atoms with Crippen LogP contribution in [0.3, 0.4) is 0 Å². The van der Waals surface area contributed by atoms with E-state index < -0.39 is 11.7 Å². The standard InChI is InChI=1S/C14H11F3N2O2/c15-14(16,17)9-3-5-10(6-4-9)21-12-7-11(20)18-13(19-12)8-1-2-8/h3-8H,1-2H2,(H,18,19,20). The molecule has 0 radical (unpaired) electrons. The number of ether oxygens (including phenoxy) is 1. The minimum Gasteiger partial charge on any atom is -0.439 e. The third kappa shape index (κ3) is 3.24. The van der Waals surface area contributed by atoms with Gasteiger partial charge in [0.25, 0.3) is 5.56 Å². The summed E-state index contributed by atoms with van der Waals surface area (Å²) in [5, 5.41) is 0. The van der Waals surface area contributed by atoms with Gasteiger partial charge in [-0.15, -0.1) is 0 Å². The maximum absolute atomic E-state index is 12.4. The predicted octanol–water partition coefficient (Wildman–Crippen LogP) is 3.46. The predicted molar refractivity (Wildman–Crippen MR) is 68.4 cm³/mol.